The Morgan fingerprint density at radius 1 is 1.04 bits per heavy atom. The second-order valence-corrected chi connectivity index (χ2v) is 14.2. The Labute approximate surface area is 287 Å². The van der Waals surface area contributed by atoms with E-state index in [0.29, 0.717) is 45.7 Å². The lowest BCUT2D eigenvalue weighted by molar-refractivity contribution is -0.138. The number of azide groups is 1. The van der Waals surface area contributed by atoms with Crippen LogP contribution in [0.4, 0.5) is 0 Å². The van der Waals surface area contributed by atoms with Gasteiger partial charge in [-0.25, -0.2) is 18.6 Å². The Balaban J connectivity index is 1.49. The number of benzene rings is 3. The molecule has 3 N–H and O–H groups in total. The second-order valence-electron chi connectivity index (χ2n) is 11.6. The first-order valence-corrected chi connectivity index (χ1v) is 17.8. The zero-order chi connectivity index (χ0) is 34.4. The van der Waals surface area contributed by atoms with Crippen LogP contribution in [0.5, 0.6) is 0 Å². The van der Waals surface area contributed by atoms with E-state index in [2.05, 4.69) is 25.5 Å². The maximum atomic E-state index is 14.4. The van der Waals surface area contributed by atoms with Gasteiger partial charge in [-0.2, -0.15) is 0 Å². The van der Waals surface area contributed by atoms with Crippen LogP contribution >= 0.6 is 23.2 Å². The van der Waals surface area contributed by atoms with Crippen molar-refractivity contribution in [2.45, 2.75) is 56.3 Å². The molecule has 2 aliphatic rings. The summed E-state index contributed by atoms with van der Waals surface area (Å²) in [5.41, 5.74) is 13.1. The lowest BCUT2D eigenvalue weighted by Crippen LogP contribution is -2.59. The molecular weight excluding hydrogens is 681 g/mol. The standard InChI is InChI=1S/C32H33Cl2N7O6S/c1-48(45,46)39-26-11-4-5-12-27(26)41-29(24-14-13-21(33)16-25(24)34)28(22-9-2-3-10-23(22)32(41)44)31(43)38-47-17-19-7-6-8-20(15-19)30(42)36-18-37-40-35/h2-3,6-10,13-16,26-29,39H,4-5,11-12,17-18H2,1H3,(H,36,42)(H,38,43)/t26-,27-,28+,29-/m0/s1. The summed E-state index contributed by atoms with van der Waals surface area (Å²) in [6.07, 6.45) is 3.61. The van der Waals surface area contributed by atoms with Crippen molar-refractivity contribution in [2.75, 3.05) is 12.9 Å². The van der Waals surface area contributed by atoms with Crippen LogP contribution in [0.1, 0.15) is 75.0 Å². The molecule has 0 spiro atoms. The fraction of sp³-hybridized carbons (Fsp3) is 0.344. The van der Waals surface area contributed by atoms with Crippen molar-refractivity contribution in [3.63, 3.8) is 0 Å². The van der Waals surface area contributed by atoms with Crippen LogP contribution in [0.15, 0.2) is 71.8 Å². The van der Waals surface area contributed by atoms with Gasteiger partial charge in [0.1, 0.15) is 0 Å². The predicted octanol–water partition coefficient (Wildman–Crippen LogP) is 5.38. The van der Waals surface area contributed by atoms with Crippen molar-refractivity contribution < 1.29 is 27.6 Å². The second kappa shape index (κ2) is 15.4. The molecule has 0 bridgehead atoms. The van der Waals surface area contributed by atoms with Crippen LogP contribution in [-0.4, -0.2) is 56.0 Å². The topological polar surface area (TPSA) is 183 Å². The number of nitrogens with one attached hydrogen (secondary N) is 3. The normalized spacial score (nSPS) is 20.7. The van der Waals surface area contributed by atoms with Crippen molar-refractivity contribution in [3.8, 4) is 0 Å². The van der Waals surface area contributed by atoms with Gasteiger partial charge in [0.2, 0.25) is 10.0 Å². The summed E-state index contributed by atoms with van der Waals surface area (Å²) in [6.45, 7) is -0.311. The number of carbonyl (C=O) groups excluding carboxylic acids is 3. The fourth-order valence-electron chi connectivity index (χ4n) is 6.43. The molecule has 4 atom stereocenters. The highest BCUT2D eigenvalue weighted by atomic mass is 35.5. The summed E-state index contributed by atoms with van der Waals surface area (Å²) >= 11 is 13.0. The van der Waals surface area contributed by atoms with Gasteiger partial charge in [-0.1, -0.05) is 77.6 Å². The van der Waals surface area contributed by atoms with E-state index < -0.39 is 45.9 Å². The largest absolute Gasteiger partial charge is 0.346 e. The Bertz CT molecular complexity index is 1870. The van der Waals surface area contributed by atoms with E-state index in [1.54, 1.807) is 65.6 Å². The summed E-state index contributed by atoms with van der Waals surface area (Å²) in [5, 5.41) is 6.37. The van der Waals surface area contributed by atoms with Crippen molar-refractivity contribution in [1.29, 1.82) is 0 Å². The molecule has 1 saturated carbocycles. The number of fused-ring (bicyclic) bond motifs is 1. The van der Waals surface area contributed by atoms with Crippen LogP contribution in [0.25, 0.3) is 10.4 Å². The molecule has 3 aromatic rings. The van der Waals surface area contributed by atoms with Crippen molar-refractivity contribution in [3.05, 3.63) is 115 Å². The summed E-state index contributed by atoms with van der Waals surface area (Å²) in [7, 11) is -3.63. The summed E-state index contributed by atoms with van der Waals surface area (Å²) in [5.74, 6) is -2.39. The fourth-order valence-corrected chi connectivity index (χ4v) is 7.77. The van der Waals surface area contributed by atoms with Gasteiger partial charge in [0.25, 0.3) is 17.7 Å². The minimum absolute atomic E-state index is 0.102. The number of carbonyl (C=O) groups is 3. The number of hydrogen-bond donors (Lipinski definition) is 3. The summed E-state index contributed by atoms with van der Waals surface area (Å²) in [6, 6.07) is 16.0. The van der Waals surface area contributed by atoms with Crippen LogP contribution < -0.4 is 15.5 Å². The molecule has 1 heterocycles. The molecule has 16 heteroatoms. The Morgan fingerprint density at radius 2 is 1.81 bits per heavy atom. The maximum absolute atomic E-state index is 14.4. The molecule has 5 rings (SSSR count). The van der Waals surface area contributed by atoms with Gasteiger partial charge in [-0.05, 0) is 65.4 Å². The molecule has 0 unspecified atom stereocenters. The molecule has 0 saturated heterocycles. The van der Waals surface area contributed by atoms with Crippen molar-refractivity contribution >= 4 is 50.9 Å². The van der Waals surface area contributed by atoms with E-state index in [9.17, 15) is 22.8 Å². The minimum atomic E-state index is -3.63. The molecule has 3 aromatic carbocycles. The zero-order valence-corrected chi connectivity index (χ0v) is 28.1. The van der Waals surface area contributed by atoms with Crippen LogP contribution in [0.3, 0.4) is 0 Å². The molecule has 1 fully saturated rings. The third kappa shape index (κ3) is 8.09. The van der Waals surface area contributed by atoms with Gasteiger partial charge < -0.3 is 10.2 Å². The zero-order valence-electron chi connectivity index (χ0n) is 25.8. The first-order chi connectivity index (χ1) is 23.0. The average molecular weight is 715 g/mol. The monoisotopic (exact) mass is 713 g/mol. The third-order valence-corrected chi connectivity index (χ3v) is 9.66. The van der Waals surface area contributed by atoms with Gasteiger partial charge in [-0.3, -0.25) is 19.2 Å². The Kier molecular flexibility index (Phi) is 11.3. The maximum Gasteiger partial charge on any atom is 0.255 e. The van der Waals surface area contributed by atoms with Crippen LogP contribution in [-0.2, 0) is 26.3 Å². The molecule has 48 heavy (non-hydrogen) atoms. The first kappa shape index (κ1) is 35.1. The molecule has 1 aliphatic carbocycles. The number of sulfonamides is 1. The van der Waals surface area contributed by atoms with E-state index >= 15 is 0 Å². The van der Waals surface area contributed by atoms with E-state index in [0.717, 1.165) is 19.1 Å². The van der Waals surface area contributed by atoms with E-state index in [1.165, 1.54) is 6.07 Å². The van der Waals surface area contributed by atoms with Crippen molar-refractivity contribution in [1.82, 2.24) is 20.4 Å². The lowest BCUT2D eigenvalue weighted by Gasteiger charge is -2.49. The number of hydroxylamine groups is 1. The lowest BCUT2D eigenvalue weighted by atomic mass is 9.76. The van der Waals surface area contributed by atoms with Gasteiger partial charge in [0.15, 0.2) is 0 Å². The SMILES string of the molecule is CS(=O)(=O)N[C@H]1CCCC[C@@H]1N1C(=O)c2ccccc2[C@@H](C(=O)NOCc2cccc(C(=O)NCN=[N+]=[N-])c2)[C@@H]1c1ccc(Cl)cc1Cl. The quantitative estimate of drug-likeness (QED) is 0.104. The highest BCUT2D eigenvalue weighted by Crippen LogP contribution is 2.47. The first-order valence-electron chi connectivity index (χ1n) is 15.1. The van der Waals surface area contributed by atoms with Crippen molar-refractivity contribution in [2.24, 2.45) is 5.11 Å². The molecule has 1 aliphatic heterocycles. The van der Waals surface area contributed by atoms with E-state index in [-0.39, 0.29) is 24.2 Å². The number of amides is 3. The average Bonchev–Trinajstić information content (AvgIpc) is 3.05. The molecule has 252 valence electrons. The Morgan fingerprint density at radius 3 is 2.56 bits per heavy atom. The number of halogens is 2. The van der Waals surface area contributed by atoms with Gasteiger partial charge in [0.05, 0.1) is 31.5 Å². The number of nitrogens with zero attached hydrogens (tertiary/aromatic N) is 4. The highest BCUT2D eigenvalue weighted by molar-refractivity contribution is 7.88. The predicted molar refractivity (Wildman–Crippen MR) is 179 cm³/mol. The summed E-state index contributed by atoms with van der Waals surface area (Å²) < 4.78 is 27.5. The Hall–Kier alpha value is -4.17. The van der Waals surface area contributed by atoms with Crippen LogP contribution in [0, 0.1) is 0 Å². The number of rotatable bonds is 11. The number of hydrogen-bond acceptors (Lipinski definition) is 7. The molecule has 0 radical (unpaired) electrons. The summed E-state index contributed by atoms with van der Waals surface area (Å²) in [4.78, 5) is 50.9. The van der Waals surface area contributed by atoms with Gasteiger partial charge in [0, 0.05) is 38.2 Å². The molecule has 0 aromatic heterocycles. The third-order valence-electron chi connectivity index (χ3n) is 8.37. The van der Waals surface area contributed by atoms with Gasteiger partial charge in [-0.15, -0.1) is 0 Å². The molecule has 13 nitrogen and oxygen atoms in total. The van der Waals surface area contributed by atoms with E-state index in [1.807, 2.05) is 0 Å². The van der Waals surface area contributed by atoms with E-state index in [4.69, 9.17) is 33.6 Å². The molecule has 3 amide bonds. The van der Waals surface area contributed by atoms with Crippen LogP contribution in [0.2, 0.25) is 10.0 Å². The molecular formula is C32H33Cl2N7O6S. The smallest absolute Gasteiger partial charge is 0.255 e. The highest BCUT2D eigenvalue weighted by Gasteiger charge is 2.49. The minimum Gasteiger partial charge on any atom is -0.346 e. The van der Waals surface area contributed by atoms with Gasteiger partial charge >= 0.3 is 0 Å².